The number of rotatable bonds is 16. The highest BCUT2D eigenvalue weighted by atomic mass is 32.2. The molecule has 0 saturated carbocycles. The van der Waals surface area contributed by atoms with Crippen molar-refractivity contribution in [1.82, 2.24) is 39.9 Å². The van der Waals surface area contributed by atoms with Crippen molar-refractivity contribution in [3.8, 4) is 44.5 Å². The van der Waals surface area contributed by atoms with Gasteiger partial charge in [-0.15, -0.1) is 0 Å². The first-order valence-corrected chi connectivity index (χ1v) is 30.4. The molecule has 18 heteroatoms. The molecular formula is C68H52N10O6S2. The maximum Gasteiger partial charge on any atom is 0.294 e. The summed E-state index contributed by atoms with van der Waals surface area (Å²) in [5.41, 5.74) is 16.4. The molecule has 4 N–H and O–H groups in total. The zero-order valence-corrected chi connectivity index (χ0v) is 47.5. The molecule has 0 aliphatic carbocycles. The second-order valence-electron chi connectivity index (χ2n) is 20.6. The van der Waals surface area contributed by atoms with E-state index in [1.165, 1.54) is 24.3 Å². The maximum atomic E-state index is 12.3. The lowest BCUT2D eigenvalue weighted by molar-refractivity contribution is 0.481. The number of anilines is 2. The average Bonchev–Trinajstić information content (AvgIpc) is 1.89. The molecule has 4 aromatic carbocycles. The molecule has 16 nitrogen and oxygen atoms in total. The number of hydrogen-bond acceptors (Lipinski definition) is 12. The number of pyridine rings is 4. The summed E-state index contributed by atoms with van der Waals surface area (Å²) in [5.74, 6) is 0. The zero-order chi connectivity index (χ0) is 58.8. The van der Waals surface area contributed by atoms with E-state index in [-0.39, 0.29) is 9.79 Å². The molecule has 9 heterocycles. The van der Waals surface area contributed by atoms with Crippen molar-refractivity contribution in [1.29, 1.82) is 0 Å². The number of aromatic nitrogens is 8. The quantitative estimate of drug-likeness (QED) is 0.0661. The van der Waals surface area contributed by atoms with Crippen LogP contribution in [-0.2, 0) is 46.4 Å². The molecule has 0 saturated heterocycles. The molecule has 7 aromatic heterocycles. The Bertz CT molecular complexity index is 4400. The van der Waals surface area contributed by atoms with Gasteiger partial charge in [-0.2, -0.15) is 16.8 Å². The van der Waals surface area contributed by atoms with Crippen LogP contribution in [0.4, 0.5) is 11.4 Å². The second-order valence-corrected chi connectivity index (χ2v) is 23.4. The molecule has 0 unspecified atom stereocenters. The van der Waals surface area contributed by atoms with E-state index in [0.717, 1.165) is 67.4 Å². The van der Waals surface area contributed by atoms with E-state index in [1.807, 2.05) is 121 Å². The van der Waals surface area contributed by atoms with Gasteiger partial charge in [0.2, 0.25) is 0 Å². The third-order valence-electron chi connectivity index (χ3n) is 15.0. The maximum absolute atomic E-state index is 12.3. The van der Waals surface area contributed by atoms with Gasteiger partial charge < -0.3 is 19.8 Å². The fourth-order valence-corrected chi connectivity index (χ4v) is 11.9. The van der Waals surface area contributed by atoms with Crippen molar-refractivity contribution in [2.24, 2.45) is 0 Å². The van der Waals surface area contributed by atoms with Gasteiger partial charge in [-0.3, -0.25) is 29.0 Å². The van der Waals surface area contributed by atoms with E-state index < -0.39 is 20.2 Å². The fourth-order valence-electron chi connectivity index (χ4n) is 10.9. The number of nitrogens with zero attached hydrogens (tertiary/aromatic N) is 8. The SMILES string of the molecule is O=S(=O)(O)c1ccc(-c2c3nc(c(-c4ccc(S(=O)(=O)O)cc4)c4ccc([nH]4)c(-c4ccc(N(Cc5ccccn5)Cc5ccccn5)cc4)c4nc(c(-c5ccc(N(Cc6ccccn6)Cc6ccccn6)cc5)c5ccc2[nH]5)C=C4)C=C3)cc1. The van der Waals surface area contributed by atoms with Crippen LogP contribution < -0.4 is 9.80 Å². The second kappa shape index (κ2) is 23.3. The highest BCUT2D eigenvalue weighted by molar-refractivity contribution is 7.86. The van der Waals surface area contributed by atoms with Crippen LogP contribution in [0.2, 0.25) is 0 Å². The van der Waals surface area contributed by atoms with Crippen LogP contribution in [0.25, 0.3) is 90.9 Å². The number of hydrogen-bond donors (Lipinski definition) is 4. The van der Waals surface area contributed by atoms with Crippen molar-refractivity contribution in [2.45, 2.75) is 36.0 Å². The lowest BCUT2D eigenvalue weighted by Gasteiger charge is -2.24. The molecule has 8 bridgehead atoms. The van der Waals surface area contributed by atoms with E-state index in [0.29, 0.717) is 82.2 Å². The molecule has 86 heavy (non-hydrogen) atoms. The van der Waals surface area contributed by atoms with Crippen molar-refractivity contribution >= 4 is 78.0 Å². The van der Waals surface area contributed by atoms with E-state index >= 15 is 0 Å². The number of nitrogens with one attached hydrogen (secondary N) is 2. The Balaban J connectivity index is 1.04. The number of benzene rings is 4. The summed E-state index contributed by atoms with van der Waals surface area (Å²) in [5, 5.41) is 0. The predicted molar refractivity (Wildman–Crippen MR) is 337 cm³/mol. The zero-order valence-electron chi connectivity index (χ0n) is 45.8. The van der Waals surface area contributed by atoms with Crippen molar-refractivity contribution < 1.29 is 25.9 Å². The van der Waals surface area contributed by atoms with Gasteiger partial charge in [0.1, 0.15) is 0 Å². The lowest BCUT2D eigenvalue weighted by Crippen LogP contribution is -2.23. The third kappa shape index (κ3) is 11.7. The molecule has 0 fully saturated rings. The van der Waals surface area contributed by atoms with E-state index in [4.69, 9.17) is 9.97 Å². The number of aromatic amines is 2. The lowest BCUT2D eigenvalue weighted by atomic mass is 10.0. The van der Waals surface area contributed by atoms with Gasteiger partial charge in [0.15, 0.2) is 0 Å². The standard InChI is InChI=1S/C68H52N10O6S2/c79-85(80,81)55-25-17-47(18-26-55)67-61-33-31-59(74-61)65(45-13-21-53(22-14-45)77(41-49-9-1-5-37-69-49)42-50-10-2-6-38-70-50)57-29-30-58(73-57)66(46-15-23-54(24-16-46)78(43-51-11-3-7-39-71-51)44-52-12-4-8-40-72-52)60-32-34-62(75-60)68(64-36-35-63(67)76-64)48-19-27-56(28-20-48)86(82,83)84/h1-40,74-75H,41-44H2,(H,79,80,81)(H,82,83,84). The molecule has 0 spiro atoms. The van der Waals surface area contributed by atoms with Crippen LogP contribution in [0.1, 0.15) is 45.6 Å². The first-order valence-electron chi connectivity index (χ1n) is 27.5. The van der Waals surface area contributed by atoms with Crippen LogP contribution in [0.15, 0.2) is 229 Å². The largest absolute Gasteiger partial charge is 0.360 e. The molecule has 11 aromatic rings. The van der Waals surface area contributed by atoms with Crippen molar-refractivity contribution in [2.75, 3.05) is 9.80 Å². The van der Waals surface area contributed by atoms with Gasteiger partial charge in [-0.05, 0) is 168 Å². The highest BCUT2D eigenvalue weighted by Gasteiger charge is 2.22. The Hall–Kier alpha value is -10.5. The molecule has 0 amide bonds. The van der Waals surface area contributed by atoms with Crippen LogP contribution in [-0.4, -0.2) is 65.8 Å². The highest BCUT2D eigenvalue weighted by Crippen LogP contribution is 2.40. The Kier molecular flexibility index (Phi) is 14.8. The Morgan fingerprint density at radius 1 is 0.326 bits per heavy atom. The van der Waals surface area contributed by atoms with Crippen LogP contribution in [0, 0.1) is 0 Å². The van der Waals surface area contributed by atoms with Gasteiger partial charge in [-0.25, -0.2) is 9.97 Å². The minimum Gasteiger partial charge on any atom is -0.360 e. The first kappa shape index (κ1) is 54.7. The summed E-state index contributed by atoms with van der Waals surface area (Å²) >= 11 is 0. The molecule has 2 aliphatic rings. The molecule has 422 valence electrons. The van der Waals surface area contributed by atoms with Crippen LogP contribution >= 0.6 is 0 Å². The predicted octanol–water partition coefficient (Wildman–Crippen LogP) is 13.8. The smallest absolute Gasteiger partial charge is 0.294 e. The summed E-state index contributed by atoms with van der Waals surface area (Å²) in [6.07, 6.45) is 15.0. The summed E-state index contributed by atoms with van der Waals surface area (Å²) in [7, 11) is -9.04. The van der Waals surface area contributed by atoms with Gasteiger partial charge in [0, 0.05) is 80.5 Å². The molecule has 13 rings (SSSR count). The number of H-pyrrole nitrogens is 2. The molecular weight excluding hydrogens is 1120 g/mol. The van der Waals surface area contributed by atoms with Crippen LogP contribution in [0.3, 0.4) is 0 Å². The van der Waals surface area contributed by atoms with E-state index in [9.17, 15) is 25.9 Å². The van der Waals surface area contributed by atoms with Gasteiger partial charge in [0.05, 0.1) is 81.5 Å². The summed E-state index contributed by atoms with van der Waals surface area (Å²) in [6.45, 7) is 2.14. The summed E-state index contributed by atoms with van der Waals surface area (Å²) in [4.78, 5) is 40.9. The topological polar surface area (TPSA) is 224 Å². The Labute approximate surface area is 495 Å². The Morgan fingerprint density at radius 2 is 0.581 bits per heavy atom. The fraction of sp³-hybridized carbons (Fsp3) is 0.0588. The van der Waals surface area contributed by atoms with Crippen LogP contribution in [0.5, 0.6) is 0 Å². The van der Waals surface area contributed by atoms with E-state index in [1.54, 1.807) is 49.1 Å². The van der Waals surface area contributed by atoms with Gasteiger partial charge in [-0.1, -0.05) is 72.8 Å². The monoisotopic (exact) mass is 1170 g/mol. The van der Waals surface area contributed by atoms with Gasteiger partial charge >= 0.3 is 0 Å². The molecule has 0 atom stereocenters. The molecule has 0 radical (unpaired) electrons. The molecule has 2 aliphatic heterocycles. The van der Waals surface area contributed by atoms with Gasteiger partial charge in [0.25, 0.3) is 20.2 Å². The minimum atomic E-state index is -4.52. The van der Waals surface area contributed by atoms with Crippen molar-refractivity contribution in [3.63, 3.8) is 0 Å². The average molecular weight is 1170 g/mol. The normalized spacial score (nSPS) is 12.1. The van der Waals surface area contributed by atoms with Crippen molar-refractivity contribution in [3.05, 3.63) is 264 Å². The summed E-state index contributed by atoms with van der Waals surface area (Å²) < 4.78 is 69.4. The summed E-state index contributed by atoms with van der Waals surface area (Å²) in [6, 6.07) is 60.1. The van der Waals surface area contributed by atoms with E-state index in [2.05, 4.69) is 88.2 Å². The third-order valence-corrected chi connectivity index (χ3v) is 16.7. The number of fused-ring (bicyclic) bond motifs is 8. The minimum absolute atomic E-state index is 0.268. The first-order chi connectivity index (χ1) is 41.8. The Morgan fingerprint density at radius 3 is 0.814 bits per heavy atom.